The third kappa shape index (κ3) is 2.88. The number of benzene rings is 1. The van der Waals surface area contributed by atoms with Gasteiger partial charge in [-0.1, -0.05) is 17.7 Å². The first-order valence-corrected chi connectivity index (χ1v) is 9.04. The largest absolute Gasteiger partial charge is 0.461 e. The Morgan fingerprint density at radius 3 is 2.54 bits per heavy atom. The van der Waals surface area contributed by atoms with Crippen molar-refractivity contribution in [2.45, 2.75) is 20.8 Å². The van der Waals surface area contributed by atoms with Gasteiger partial charge >= 0.3 is 0 Å². The highest BCUT2D eigenvalue weighted by Gasteiger charge is 2.20. The van der Waals surface area contributed by atoms with E-state index in [1.807, 2.05) is 51.1 Å². The summed E-state index contributed by atoms with van der Waals surface area (Å²) in [7, 11) is 0. The molecule has 5 nitrogen and oxygen atoms in total. The molecule has 130 valence electrons. The summed E-state index contributed by atoms with van der Waals surface area (Å²) in [5, 5.41) is 3.88. The van der Waals surface area contributed by atoms with E-state index in [1.165, 1.54) is 11.3 Å². The molecule has 0 fully saturated rings. The van der Waals surface area contributed by atoms with E-state index in [0.29, 0.717) is 16.5 Å². The number of thiophene rings is 1. The minimum absolute atomic E-state index is 0.131. The van der Waals surface area contributed by atoms with E-state index in [9.17, 15) is 4.79 Å². The molecule has 3 heterocycles. The van der Waals surface area contributed by atoms with Crippen molar-refractivity contribution >= 4 is 33.1 Å². The van der Waals surface area contributed by atoms with Gasteiger partial charge in [0.2, 0.25) is 0 Å². The average Bonchev–Trinajstić information content (AvgIpc) is 3.25. The van der Waals surface area contributed by atoms with Crippen molar-refractivity contribution in [3.8, 4) is 11.6 Å². The lowest BCUT2D eigenvalue weighted by Crippen LogP contribution is -2.11. The van der Waals surface area contributed by atoms with E-state index >= 15 is 0 Å². The molecule has 1 N–H and O–H groups in total. The second kappa shape index (κ2) is 6.38. The standard InChI is InChI=1S/C20H17N3O2S/c1-11-6-8-14(9-7-11)22-19(24)17-12(2)16-13(3)21-18(23-20(16)26-17)15-5-4-10-25-15/h4-10H,1-3H3,(H,22,24). The van der Waals surface area contributed by atoms with Crippen LogP contribution >= 0.6 is 11.3 Å². The zero-order chi connectivity index (χ0) is 18.3. The zero-order valence-electron chi connectivity index (χ0n) is 14.7. The molecule has 0 spiro atoms. The maximum Gasteiger partial charge on any atom is 0.266 e. The maximum absolute atomic E-state index is 12.7. The van der Waals surface area contributed by atoms with Crippen molar-refractivity contribution in [2.75, 3.05) is 5.32 Å². The number of aryl methyl sites for hydroxylation is 3. The molecule has 6 heteroatoms. The lowest BCUT2D eigenvalue weighted by atomic mass is 10.1. The smallest absolute Gasteiger partial charge is 0.266 e. The maximum atomic E-state index is 12.7. The molecule has 3 aromatic heterocycles. The van der Waals surface area contributed by atoms with Gasteiger partial charge in [-0.15, -0.1) is 11.3 Å². The molecule has 0 atom stereocenters. The van der Waals surface area contributed by atoms with E-state index in [0.717, 1.165) is 32.7 Å². The van der Waals surface area contributed by atoms with Crippen LogP contribution < -0.4 is 5.32 Å². The minimum Gasteiger partial charge on any atom is -0.461 e. The Morgan fingerprint density at radius 2 is 1.85 bits per heavy atom. The lowest BCUT2D eigenvalue weighted by molar-refractivity contribution is 0.103. The fraction of sp³-hybridized carbons (Fsp3) is 0.150. The normalized spacial score (nSPS) is 11.0. The fourth-order valence-electron chi connectivity index (χ4n) is 2.90. The topological polar surface area (TPSA) is 68.0 Å². The van der Waals surface area contributed by atoms with Crippen LogP contribution in [-0.4, -0.2) is 15.9 Å². The number of carbonyl (C=O) groups is 1. The molecule has 1 amide bonds. The molecular weight excluding hydrogens is 346 g/mol. The predicted molar refractivity (Wildman–Crippen MR) is 104 cm³/mol. The van der Waals surface area contributed by atoms with Crippen LogP contribution in [-0.2, 0) is 0 Å². The summed E-state index contributed by atoms with van der Waals surface area (Å²) >= 11 is 1.38. The van der Waals surface area contributed by atoms with Gasteiger partial charge in [-0.05, 0) is 50.6 Å². The van der Waals surface area contributed by atoms with Crippen molar-refractivity contribution in [1.29, 1.82) is 0 Å². The molecule has 0 radical (unpaired) electrons. The molecule has 0 aliphatic heterocycles. The molecule has 26 heavy (non-hydrogen) atoms. The highest BCUT2D eigenvalue weighted by Crippen LogP contribution is 2.33. The average molecular weight is 363 g/mol. The monoisotopic (exact) mass is 363 g/mol. The van der Waals surface area contributed by atoms with Gasteiger partial charge in [0.1, 0.15) is 4.83 Å². The Balaban J connectivity index is 1.73. The van der Waals surface area contributed by atoms with Crippen LogP contribution in [0.2, 0.25) is 0 Å². The second-order valence-corrected chi connectivity index (χ2v) is 7.17. The van der Waals surface area contributed by atoms with Crippen LogP contribution in [0.15, 0.2) is 47.1 Å². The van der Waals surface area contributed by atoms with Crippen LogP contribution in [0.5, 0.6) is 0 Å². The van der Waals surface area contributed by atoms with Crippen LogP contribution in [0.1, 0.15) is 26.5 Å². The number of anilines is 1. The van der Waals surface area contributed by atoms with Gasteiger partial charge < -0.3 is 9.73 Å². The molecule has 0 bridgehead atoms. The number of nitrogens with zero attached hydrogens (tertiary/aromatic N) is 2. The number of nitrogens with one attached hydrogen (secondary N) is 1. The number of fused-ring (bicyclic) bond motifs is 1. The highest BCUT2D eigenvalue weighted by molar-refractivity contribution is 7.20. The Kier molecular flexibility index (Phi) is 4.05. The van der Waals surface area contributed by atoms with Crippen molar-refractivity contribution in [3.05, 3.63) is 64.4 Å². The molecule has 0 aliphatic carbocycles. The summed E-state index contributed by atoms with van der Waals surface area (Å²) in [5.74, 6) is 1.02. The first kappa shape index (κ1) is 16.5. The summed E-state index contributed by atoms with van der Waals surface area (Å²) < 4.78 is 5.40. The third-order valence-corrected chi connectivity index (χ3v) is 5.41. The minimum atomic E-state index is -0.131. The van der Waals surface area contributed by atoms with E-state index in [1.54, 1.807) is 12.3 Å². The number of carbonyl (C=O) groups excluding carboxylic acids is 1. The Morgan fingerprint density at radius 1 is 1.08 bits per heavy atom. The fourth-order valence-corrected chi connectivity index (χ4v) is 4.02. The highest BCUT2D eigenvalue weighted by atomic mass is 32.1. The third-order valence-electron chi connectivity index (χ3n) is 4.23. The Labute approximate surface area is 154 Å². The van der Waals surface area contributed by atoms with Gasteiger partial charge in [-0.3, -0.25) is 4.79 Å². The number of rotatable bonds is 3. The van der Waals surface area contributed by atoms with E-state index in [-0.39, 0.29) is 5.91 Å². The van der Waals surface area contributed by atoms with E-state index < -0.39 is 0 Å². The number of hydrogen-bond donors (Lipinski definition) is 1. The summed E-state index contributed by atoms with van der Waals surface area (Å²) in [5.41, 5.74) is 3.66. The molecular formula is C20H17N3O2S. The van der Waals surface area contributed by atoms with Crippen molar-refractivity contribution in [3.63, 3.8) is 0 Å². The van der Waals surface area contributed by atoms with Crippen molar-refractivity contribution < 1.29 is 9.21 Å². The molecule has 0 unspecified atom stereocenters. The molecule has 4 rings (SSSR count). The Bertz CT molecular complexity index is 1100. The van der Waals surface area contributed by atoms with Gasteiger partial charge in [0, 0.05) is 11.1 Å². The van der Waals surface area contributed by atoms with Gasteiger partial charge in [-0.2, -0.15) is 0 Å². The number of hydrogen-bond acceptors (Lipinski definition) is 5. The van der Waals surface area contributed by atoms with Gasteiger partial charge in [0.05, 0.1) is 16.8 Å². The first-order valence-electron chi connectivity index (χ1n) is 8.22. The van der Waals surface area contributed by atoms with Crippen LogP contribution in [0.3, 0.4) is 0 Å². The van der Waals surface area contributed by atoms with Crippen molar-refractivity contribution in [2.24, 2.45) is 0 Å². The van der Waals surface area contributed by atoms with Crippen LogP contribution in [0, 0.1) is 20.8 Å². The van der Waals surface area contributed by atoms with Crippen molar-refractivity contribution in [1.82, 2.24) is 9.97 Å². The molecule has 1 aromatic carbocycles. The van der Waals surface area contributed by atoms with Gasteiger partial charge in [0.15, 0.2) is 11.6 Å². The number of furan rings is 1. The van der Waals surface area contributed by atoms with Gasteiger partial charge in [0.25, 0.3) is 5.91 Å². The van der Waals surface area contributed by atoms with E-state index in [4.69, 9.17) is 4.42 Å². The van der Waals surface area contributed by atoms with Gasteiger partial charge in [-0.25, -0.2) is 9.97 Å². The zero-order valence-corrected chi connectivity index (χ0v) is 15.5. The SMILES string of the molecule is Cc1ccc(NC(=O)c2sc3nc(-c4ccco4)nc(C)c3c2C)cc1. The van der Waals surface area contributed by atoms with Crippen LogP contribution in [0.25, 0.3) is 21.8 Å². The summed E-state index contributed by atoms with van der Waals surface area (Å²) in [6, 6.07) is 11.4. The lowest BCUT2D eigenvalue weighted by Gasteiger charge is -2.05. The summed E-state index contributed by atoms with van der Waals surface area (Å²) in [6.07, 6.45) is 1.60. The number of aromatic nitrogens is 2. The molecule has 0 aliphatic rings. The quantitative estimate of drug-likeness (QED) is 0.548. The van der Waals surface area contributed by atoms with Crippen LogP contribution in [0.4, 0.5) is 5.69 Å². The van der Waals surface area contributed by atoms with E-state index in [2.05, 4.69) is 15.3 Å². The predicted octanol–water partition coefficient (Wildman–Crippen LogP) is 5.13. The molecule has 0 saturated carbocycles. The second-order valence-electron chi connectivity index (χ2n) is 6.17. The first-order chi connectivity index (χ1) is 12.5. The summed E-state index contributed by atoms with van der Waals surface area (Å²) in [4.78, 5) is 23.3. The molecule has 4 aromatic rings. The molecule has 0 saturated heterocycles. The summed E-state index contributed by atoms with van der Waals surface area (Å²) in [6.45, 7) is 5.88. The number of amides is 1. The Hall–Kier alpha value is -2.99.